The molecule has 0 fully saturated rings. The first-order chi connectivity index (χ1) is 9.22. The van der Waals surface area contributed by atoms with Crippen LogP contribution in [-0.2, 0) is 9.47 Å². The Balaban J connectivity index is 2.78. The Kier molecular flexibility index (Phi) is 7.49. The highest BCUT2D eigenvalue weighted by atomic mass is 79.9. The fourth-order valence-electron chi connectivity index (χ4n) is 1.76. The van der Waals surface area contributed by atoms with E-state index in [1.165, 1.54) is 0 Å². The van der Waals surface area contributed by atoms with E-state index >= 15 is 0 Å². The molecule has 0 heterocycles. The van der Waals surface area contributed by atoms with Gasteiger partial charge in [0.15, 0.2) is 0 Å². The smallest absolute Gasteiger partial charge is 0.100 e. The van der Waals surface area contributed by atoms with Gasteiger partial charge in [0.1, 0.15) is 6.07 Å². The van der Waals surface area contributed by atoms with Crippen molar-refractivity contribution in [3.8, 4) is 6.07 Å². The van der Waals surface area contributed by atoms with Gasteiger partial charge in [0.2, 0.25) is 0 Å². The Hall–Kier alpha value is -1.09. The van der Waals surface area contributed by atoms with E-state index in [1.54, 1.807) is 14.2 Å². The van der Waals surface area contributed by atoms with E-state index in [2.05, 4.69) is 26.9 Å². The Morgan fingerprint density at radius 2 is 1.95 bits per heavy atom. The summed E-state index contributed by atoms with van der Waals surface area (Å²) in [6.07, 6.45) is 0.956. The van der Waals surface area contributed by atoms with E-state index in [9.17, 15) is 0 Å². The average molecular weight is 327 g/mol. The molecule has 1 rings (SSSR count). The summed E-state index contributed by atoms with van der Waals surface area (Å²) < 4.78 is 11.0. The highest BCUT2D eigenvalue weighted by Gasteiger charge is 2.08. The standard InChI is InChI=1S/C14H19BrN2O2/c1-18-8-3-6-17(7-9-19-2)13-5-4-12(11-16)14(15)10-13/h4-5,10H,3,6-9H2,1-2H3. The van der Waals surface area contributed by atoms with Crippen LogP contribution >= 0.6 is 15.9 Å². The lowest BCUT2D eigenvalue weighted by Crippen LogP contribution is -2.29. The number of halogens is 1. The van der Waals surface area contributed by atoms with Crippen LogP contribution in [0.25, 0.3) is 0 Å². The molecule has 0 amide bonds. The molecule has 19 heavy (non-hydrogen) atoms. The third kappa shape index (κ3) is 5.19. The van der Waals surface area contributed by atoms with E-state index in [0.717, 1.165) is 36.3 Å². The predicted molar refractivity (Wildman–Crippen MR) is 79.4 cm³/mol. The second-order valence-electron chi connectivity index (χ2n) is 4.10. The molecule has 0 N–H and O–H groups in total. The summed E-state index contributed by atoms with van der Waals surface area (Å²) in [5, 5.41) is 8.93. The second-order valence-corrected chi connectivity index (χ2v) is 4.96. The lowest BCUT2D eigenvalue weighted by molar-refractivity contribution is 0.191. The molecule has 0 unspecified atom stereocenters. The summed E-state index contributed by atoms with van der Waals surface area (Å²) >= 11 is 3.42. The molecule has 0 aliphatic heterocycles. The lowest BCUT2D eigenvalue weighted by Gasteiger charge is -2.24. The highest BCUT2D eigenvalue weighted by molar-refractivity contribution is 9.10. The van der Waals surface area contributed by atoms with Crippen molar-refractivity contribution in [3.63, 3.8) is 0 Å². The van der Waals surface area contributed by atoms with Crippen LogP contribution in [-0.4, -0.2) is 40.5 Å². The molecule has 0 saturated carbocycles. The van der Waals surface area contributed by atoms with Crippen LogP contribution in [0.2, 0.25) is 0 Å². The molecular formula is C14H19BrN2O2. The van der Waals surface area contributed by atoms with Crippen molar-refractivity contribution < 1.29 is 9.47 Å². The highest BCUT2D eigenvalue weighted by Crippen LogP contribution is 2.23. The van der Waals surface area contributed by atoms with Crippen molar-refractivity contribution in [2.24, 2.45) is 0 Å². The number of ether oxygens (including phenoxy) is 2. The van der Waals surface area contributed by atoms with Gasteiger partial charge in [0.05, 0.1) is 12.2 Å². The second kappa shape index (κ2) is 8.92. The first-order valence-electron chi connectivity index (χ1n) is 6.15. The Morgan fingerprint density at radius 1 is 1.21 bits per heavy atom. The number of hydrogen-bond donors (Lipinski definition) is 0. The largest absolute Gasteiger partial charge is 0.385 e. The number of methoxy groups -OCH3 is 2. The zero-order valence-electron chi connectivity index (χ0n) is 11.4. The van der Waals surface area contributed by atoms with Gasteiger partial charge < -0.3 is 14.4 Å². The van der Waals surface area contributed by atoms with Crippen LogP contribution in [0.3, 0.4) is 0 Å². The van der Waals surface area contributed by atoms with Gasteiger partial charge in [-0.25, -0.2) is 0 Å². The minimum Gasteiger partial charge on any atom is -0.385 e. The number of hydrogen-bond acceptors (Lipinski definition) is 4. The minimum atomic E-state index is 0.646. The summed E-state index contributed by atoms with van der Waals surface area (Å²) in [7, 11) is 3.40. The monoisotopic (exact) mass is 326 g/mol. The van der Waals surface area contributed by atoms with Gasteiger partial charge in [-0.05, 0) is 40.5 Å². The van der Waals surface area contributed by atoms with Crippen molar-refractivity contribution in [1.29, 1.82) is 5.26 Å². The van der Waals surface area contributed by atoms with Gasteiger partial charge in [-0.15, -0.1) is 0 Å². The third-order valence-corrected chi connectivity index (χ3v) is 3.44. The van der Waals surface area contributed by atoms with E-state index in [-0.39, 0.29) is 0 Å². The van der Waals surface area contributed by atoms with Crippen LogP contribution in [0, 0.1) is 11.3 Å². The molecule has 0 saturated heterocycles. The summed E-state index contributed by atoms with van der Waals surface area (Å²) in [6, 6.07) is 7.91. The fourth-order valence-corrected chi connectivity index (χ4v) is 2.22. The van der Waals surface area contributed by atoms with Crippen LogP contribution in [0.1, 0.15) is 12.0 Å². The maximum absolute atomic E-state index is 8.93. The van der Waals surface area contributed by atoms with Crippen molar-refractivity contribution in [1.82, 2.24) is 0 Å². The topological polar surface area (TPSA) is 45.5 Å². The van der Waals surface area contributed by atoms with E-state index in [1.807, 2.05) is 18.2 Å². The molecule has 1 aromatic carbocycles. The molecule has 0 bridgehead atoms. The van der Waals surface area contributed by atoms with Crippen molar-refractivity contribution in [3.05, 3.63) is 28.2 Å². The van der Waals surface area contributed by atoms with Crippen LogP contribution in [0.5, 0.6) is 0 Å². The van der Waals surface area contributed by atoms with Gasteiger partial charge in [-0.3, -0.25) is 0 Å². The first-order valence-corrected chi connectivity index (χ1v) is 6.94. The minimum absolute atomic E-state index is 0.646. The van der Waals surface area contributed by atoms with E-state index in [4.69, 9.17) is 14.7 Å². The Bertz CT molecular complexity index is 432. The first kappa shape index (κ1) is 16.0. The Morgan fingerprint density at radius 3 is 2.53 bits per heavy atom. The molecule has 104 valence electrons. The fraction of sp³-hybridized carbons (Fsp3) is 0.500. The molecule has 0 aliphatic carbocycles. The summed E-state index contributed by atoms with van der Waals surface area (Å²) in [6.45, 7) is 3.12. The number of anilines is 1. The van der Waals surface area contributed by atoms with Crippen LogP contribution in [0.15, 0.2) is 22.7 Å². The SMILES string of the molecule is COCCCN(CCOC)c1ccc(C#N)c(Br)c1. The van der Waals surface area contributed by atoms with Crippen molar-refractivity contribution >= 4 is 21.6 Å². The molecule has 5 heteroatoms. The van der Waals surface area contributed by atoms with Gasteiger partial charge in [0, 0.05) is 44.1 Å². The Labute approximate surface area is 123 Å². The van der Waals surface area contributed by atoms with Gasteiger partial charge >= 0.3 is 0 Å². The number of nitrogens with zero attached hydrogens (tertiary/aromatic N) is 2. The zero-order valence-corrected chi connectivity index (χ0v) is 12.9. The number of nitriles is 1. The molecule has 0 aromatic heterocycles. The van der Waals surface area contributed by atoms with E-state index in [0.29, 0.717) is 12.2 Å². The summed E-state index contributed by atoms with van der Waals surface area (Å²) in [4.78, 5) is 2.23. The number of rotatable bonds is 8. The molecule has 0 atom stereocenters. The molecule has 0 spiro atoms. The van der Waals surface area contributed by atoms with Gasteiger partial charge in [-0.2, -0.15) is 5.26 Å². The predicted octanol–water partition coefficient (Wildman–Crippen LogP) is 2.81. The molecule has 4 nitrogen and oxygen atoms in total. The van der Waals surface area contributed by atoms with Gasteiger partial charge in [-0.1, -0.05) is 0 Å². The third-order valence-electron chi connectivity index (χ3n) is 2.78. The molecule has 0 aliphatic rings. The van der Waals surface area contributed by atoms with E-state index < -0.39 is 0 Å². The molecule has 1 aromatic rings. The normalized spacial score (nSPS) is 10.2. The molecular weight excluding hydrogens is 308 g/mol. The zero-order chi connectivity index (χ0) is 14.1. The number of benzene rings is 1. The average Bonchev–Trinajstić information content (AvgIpc) is 2.42. The summed E-state index contributed by atoms with van der Waals surface area (Å²) in [5.74, 6) is 0. The van der Waals surface area contributed by atoms with Crippen LogP contribution in [0.4, 0.5) is 5.69 Å². The van der Waals surface area contributed by atoms with Crippen LogP contribution < -0.4 is 4.90 Å². The van der Waals surface area contributed by atoms with Gasteiger partial charge in [0.25, 0.3) is 0 Å². The summed E-state index contributed by atoms with van der Waals surface area (Å²) in [5.41, 5.74) is 1.73. The lowest BCUT2D eigenvalue weighted by atomic mass is 10.2. The maximum atomic E-state index is 8.93. The van der Waals surface area contributed by atoms with Crippen molar-refractivity contribution in [2.45, 2.75) is 6.42 Å². The molecule has 0 radical (unpaired) electrons. The quantitative estimate of drug-likeness (QED) is 0.689. The maximum Gasteiger partial charge on any atom is 0.100 e. The van der Waals surface area contributed by atoms with Crippen molar-refractivity contribution in [2.75, 3.05) is 45.4 Å².